The average Bonchev–Trinajstić information content (AvgIpc) is 2.53. The number of carbonyl (C=O) groups excluding carboxylic acids is 1. The van der Waals surface area contributed by atoms with Crippen molar-refractivity contribution in [1.29, 1.82) is 0 Å². The molecule has 4 heteroatoms. The Labute approximate surface area is 81.2 Å². The third-order valence-corrected chi connectivity index (χ3v) is 2.22. The van der Waals surface area contributed by atoms with Gasteiger partial charge in [0.15, 0.2) is 5.13 Å². The van der Waals surface area contributed by atoms with Crippen LogP contribution < -0.4 is 5.32 Å². The molecule has 68 valence electrons. The van der Waals surface area contributed by atoms with Gasteiger partial charge >= 0.3 is 5.91 Å². The summed E-state index contributed by atoms with van der Waals surface area (Å²) in [4.78, 5) is 14.9. The number of aryl methyl sites for hydroxylation is 1. The van der Waals surface area contributed by atoms with Crippen LogP contribution in [0.15, 0.2) is 5.38 Å². The minimum atomic E-state index is -0.447. The third kappa shape index (κ3) is 2.88. The van der Waals surface area contributed by atoms with E-state index in [1.165, 1.54) is 11.3 Å². The number of nitrogens with zero attached hydrogens (tertiary/aromatic N) is 1. The topological polar surface area (TPSA) is 42.0 Å². The Morgan fingerprint density at radius 2 is 2.62 bits per heavy atom. The molecule has 1 heterocycles. The molecular weight excluding hydrogens is 184 g/mol. The number of carbonyl (C=O) groups is 1. The second kappa shape index (κ2) is 4.63. The average molecular weight is 194 g/mol. The molecule has 0 unspecified atom stereocenters. The maximum Gasteiger partial charge on any atom is 0.301 e. The minimum absolute atomic E-state index is 0.447. The summed E-state index contributed by atoms with van der Waals surface area (Å²) in [6.45, 7) is 2.08. The van der Waals surface area contributed by atoms with Crippen LogP contribution in [0.5, 0.6) is 0 Å². The van der Waals surface area contributed by atoms with Crippen LogP contribution in [-0.2, 0) is 11.2 Å². The fourth-order valence-corrected chi connectivity index (χ4v) is 1.61. The number of hydrogen-bond donors (Lipinski definition) is 1. The van der Waals surface area contributed by atoms with Crippen LogP contribution in [0.2, 0.25) is 0 Å². The molecule has 3 nitrogen and oxygen atoms in total. The largest absolute Gasteiger partial charge is 0.301 e. The number of amides is 1. The molecule has 0 aliphatic carbocycles. The molecular formula is C9H10N2OS. The second-order valence-corrected chi connectivity index (χ2v) is 3.35. The molecule has 0 aromatic carbocycles. The van der Waals surface area contributed by atoms with Gasteiger partial charge in [-0.25, -0.2) is 4.98 Å². The highest BCUT2D eigenvalue weighted by Gasteiger charge is 2.02. The van der Waals surface area contributed by atoms with E-state index in [9.17, 15) is 4.79 Å². The van der Waals surface area contributed by atoms with Gasteiger partial charge in [0.05, 0.1) is 5.69 Å². The van der Waals surface area contributed by atoms with Crippen LogP contribution in [0.3, 0.4) is 0 Å². The number of thiazole rings is 1. The van der Waals surface area contributed by atoms with E-state index in [0.717, 1.165) is 18.5 Å². The summed E-state index contributed by atoms with van der Waals surface area (Å²) in [6.07, 6.45) is 6.88. The van der Waals surface area contributed by atoms with E-state index in [2.05, 4.69) is 17.2 Å². The van der Waals surface area contributed by atoms with Crippen molar-refractivity contribution < 1.29 is 4.79 Å². The Bertz CT molecular complexity index is 338. The number of hydrogen-bond acceptors (Lipinski definition) is 3. The standard InChI is InChI=1S/C9H10N2OS/c1-3-5-7-6-13-9(10-7)11-8(12)4-2/h2,6H,3,5H2,1H3,(H,10,11,12). The molecule has 1 aromatic heterocycles. The lowest BCUT2D eigenvalue weighted by Gasteiger charge is -1.92. The molecule has 0 spiro atoms. The van der Waals surface area contributed by atoms with Crippen LogP contribution in [0, 0.1) is 12.3 Å². The number of terminal acetylenes is 1. The molecule has 1 amide bonds. The summed E-state index contributed by atoms with van der Waals surface area (Å²) in [5.74, 6) is 1.52. The van der Waals surface area contributed by atoms with E-state index in [1.54, 1.807) is 0 Å². The van der Waals surface area contributed by atoms with E-state index in [1.807, 2.05) is 11.3 Å². The van der Waals surface area contributed by atoms with Crippen molar-refractivity contribution in [3.63, 3.8) is 0 Å². The summed E-state index contributed by atoms with van der Waals surface area (Å²) in [6, 6.07) is 0. The van der Waals surface area contributed by atoms with Gasteiger partial charge < -0.3 is 0 Å². The zero-order chi connectivity index (χ0) is 9.68. The van der Waals surface area contributed by atoms with Gasteiger partial charge in [0.1, 0.15) is 0 Å². The maximum absolute atomic E-state index is 10.8. The van der Waals surface area contributed by atoms with Gasteiger partial charge in [-0.05, 0) is 12.3 Å². The Kier molecular flexibility index (Phi) is 3.47. The Morgan fingerprint density at radius 3 is 3.23 bits per heavy atom. The molecule has 0 aliphatic heterocycles. The molecule has 0 fully saturated rings. The fraction of sp³-hybridized carbons (Fsp3) is 0.333. The summed E-state index contributed by atoms with van der Waals surface area (Å²) in [7, 11) is 0. The second-order valence-electron chi connectivity index (χ2n) is 2.49. The van der Waals surface area contributed by atoms with Gasteiger partial charge in [0, 0.05) is 5.38 Å². The number of nitrogens with one attached hydrogen (secondary N) is 1. The summed E-state index contributed by atoms with van der Waals surface area (Å²) >= 11 is 1.39. The first-order valence-corrected chi connectivity index (χ1v) is 4.86. The summed E-state index contributed by atoms with van der Waals surface area (Å²) in [5.41, 5.74) is 1.000. The van der Waals surface area contributed by atoms with Crippen LogP contribution in [-0.4, -0.2) is 10.9 Å². The third-order valence-electron chi connectivity index (χ3n) is 1.41. The first kappa shape index (κ1) is 9.75. The lowest BCUT2D eigenvalue weighted by atomic mass is 10.3. The zero-order valence-electron chi connectivity index (χ0n) is 7.33. The molecule has 0 radical (unpaired) electrons. The molecule has 1 N–H and O–H groups in total. The van der Waals surface area contributed by atoms with Crippen LogP contribution in [0.4, 0.5) is 5.13 Å². The predicted molar refractivity (Wildman–Crippen MR) is 53.6 cm³/mol. The molecule has 0 saturated carbocycles. The molecule has 0 aliphatic rings. The van der Waals surface area contributed by atoms with Gasteiger partial charge in [0.2, 0.25) is 0 Å². The van der Waals surface area contributed by atoms with Crippen LogP contribution in [0.25, 0.3) is 0 Å². The van der Waals surface area contributed by atoms with Gasteiger partial charge in [0.25, 0.3) is 0 Å². The highest BCUT2D eigenvalue weighted by Crippen LogP contribution is 2.15. The van der Waals surface area contributed by atoms with Crippen molar-refractivity contribution >= 4 is 22.4 Å². The lowest BCUT2D eigenvalue weighted by Crippen LogP contribution is -2.07. The van der Waals surface area contributed by atoms with Gasteiger partial charge in [-0.3, -0.25) is 10.1 Å². The summed E-state index contributed by atoms with van der Waals surface area (Å²) in [5, 5.41) is 5.00. The summed E-state index contributed by atoms with van der Waals surface area (Å²) < 4.78 is 0. The van der Waals surface area contributed by atoms with Crippen molar-refractivity contribution in [2.75, 3.05) is 5.32 Å². The molecule has 1 aromatic rings. The van der Waals surface area contributed by atoms with Crippen molar-refractivity contribution in [2.45, 2.75) is 19.8 Å². The van der Waals surface area contributed by atoms with E-state index in [4.69, 9.17) is 6.42 Å². The highest BCUT2D eigenvalue weighted by molar-refractivity contribution is 7.13. The highest BCUT2D eigenvalue weighted by atomic mass is 32.1. The van der Waals surface area contributed by atoms with E-state index < -0.39 is 5.91 Å². The van der Waals surface area contributed by atoms with Crippen molar-refractivity contribution in [1.82, 2.24) is 4.98 Å². The van der Waals surface area contributed by atoms with E-state index in [0.29, 0.717) is 5.13 Å². The van der Waals surface area contributed by atoms with Crippen molar-refractivity contribution in [3.8, 4) is 12.3 Å². The van der Waals surface area contributed by atoms with Gasteiger partial charge in [-0.15, -0.1) is 17.8 Å². The van der Waals surface area contributed by atoms with Crippen LogP contribution in [0.1, 0.15) is 19.0 Å². The number of anilines is 1. The SMILES string of the molecule is C#CC(=O)Nc1nc(CCC)cs1. The molecule has 0 saturated heterocycles. The minimum Gasteiger partial charge on any atom is -0.291 e. The monoisotopic (exact) mass is 194 g/mol. The lowest BCUT2D eigenvalue weighted by molar-refractivity contribution is -0.111. The first-order chi connectivity index (χ1) is 6.26. The van der Waals surface area contributed by atoms with Crippen molar-refractivity contribution in [2.24, 2.45) is 0 Å². The number of rotatable bonds is 3. The van der Waals surface area contributed by atoms with E-state index >= 15 is 0 Å². The Hall–Kier alpha value is -1.34. The predicted octanol–water partition coefficient (Wildman–Crippen LogP) is 1.67. The first-order valence-electron chi connectivity index (χ1n) is 3.98. The van der Waals surface area contributed by atoms with E-state index in [-0.39, 0.29) is 0 Å². The Morgan fingerprint density at radius 1 is 1.85 bits per heavy atom. The quantitative estimate of drug-likeness (QED) is 0.744. The molecule has 13 heavy (non-hydrogen) atoms. The molecule has 1 rings (SSSR count). The Balaban J connectivity index is 2.59. The zero-order valence-corrected chi connectivity index (χ0v) is 8.15. The fourth-order valence-electron chi connectivity index (χ4n) is 0.869. The normalized spacial score (nSPS) is 9.23. The smallest absolute Gasteiger partial charge is 0.291 e. The van der Waals surface area contributed by atoms with Gasteiger partial charge in [-0.1, -0.05) is 13.3 Å². The number of aromatic nitrogens is 1. The van der Waals surface area contributed by atoms with Crippen molar-refractivity contribution in [3.05, 3.63) is 11.1 Å². The van der Waals surface area contributed by atoms with Crippen LogP contribution >= 0.6 is 11.3 Å². The van der Waals surface area contributed by atoms with Gasteiger partial charge in [-0.2, -0.15) is 0 Å². The molecule has 0 atom stereocenters. The molecule has 0 bridgehead atoms. The maximum atomic E-state index is 10.8.